The summed E-state index contributed by atoms with van der Waals surface area (Å²) in [6.45, 7) is 5.32. The number of esters is 1. The number of nitrogens with zero attached hydrogens (tertiary/aromatic N) is 2. The Labute approximate surface area is 122 Å². The lowest BCUT2D eigenvalue weighted by atomic mass is 10.3. The van der Waals surface area contributed by atoms with E-state index in [1.165, 1.54) is 21.6 Å². The zero-order chi connectivity index (χ0) is 15.3. The van der Waals surface area contributed by atoms with Crippen LogP contribution >= 0.6 is 11.8 Å². The van der Waals surface area contributed by atoms with Crippen LogP contribution in [0.4, 0.5) is 4.79 Å². The molecule has 0 bridgehead atoms. The van der Waals surface area contributed by atoms with Gasteiger partial charge in [0.2, 0.25) is 0 Å². The summed E-state index contributed by atoms with van der Waals surface area (Å²) < 4.78 is 4.84. The van der Waals surface area contributed by atoms with Crippen LogP contribution in [0.25, 0.3) is 0 Å². The molecule has 8 heteroatoms. The first kappa shape index (κ1) is 16.6. The van der Waals surface area contributed by atoms with Gasteiger partial charge in [-0.15, -0.1) is 11.8 Å². The van der Waals surface area contributed by atoms with Crippen molar-refractivity contribution in [2.24, 2.45) is 0 Å². The number of hydrogen-bond donors (Lipinski definition) is 1. The molecule has 0 saturated carbocycles. The number of carboxylic acid groups (broad SMARTS) is 1. The molecule has 1 unspecified atom stereocenters. The first-order chi connectivity index (χ1) is 9.38. The lowest BCUT2D eigenvalue weighted by Gasteiger charge is -2.31. The zero-order valence-corrected chi connectivity index (χ0v) is 12.7. The van der Waals surface area contributed by atoms with Crippen LogP contribution in [0.3, 0.4) is 0 Å². The highest BCUT2D eigenvalue weighted by Crippen LogP contribution is 2.23. The second-order valence-corrected chi connectivity index (χ2v) is 5.63. The summed E-state index contributed by atoms with van der Waals surface area (Å²) in [4.78, 5) is 37.7. The monoisotopic (exact) mass is 304 g/mol. The number of carbonyl (C=O) groups is 3. The van der Waals surface area contributed by atoms with E-state index < -0.39 is 24.0 Å². The number of amides is 2. The van der Waals surface area contributed by atoms with Gasteiger partial charge < -0.3 is 19.6 Å². The van der Waals surface area contributed by atoms with E-state index in [-0.39, 0.29) is 19.2 Å². The van der Waals surface area contributed by atoms with Crippen molar-refractivity contribution in [3.63, 3.8) is 0 Å². The van der Waals surface area contributed by atoms with E-state index in [9.17, 15) is 14.4 Å². The third-order valence-electron chi connectivity index (χ3n) is 2.89. The Kier molecular flexibility index (Phi) is 6.12. The van der Waals surface area contributed by atoms with E-state index in [2.05, 4.69) is 0 Å². The summed E-state index contributed by atoms with van der Waals surface area (Å²) >= 11 is 1.39. The number of aliphatic carboxylic acids is 1. The molecule has 1 N–H and O–H groups in total. The van der Waals surface area contributed by atoms with Gasteiger partial charge in [0.25, 0.3) is 0 Å². The highest BCUT2D eigenvalue weighted by molar-refractivity contribution is 7.99. The molecule has 1 rings (SSSR count). The van der Waals surface area contributed by atoms with Crippen molar-refractivity contribution < 1.29 is 24.2 Å². The second-order valence-electron chi connectivity index (χ2n) is 4.63. The Hall–Kier alpha value is -1.44. The van der Waals surface area contributed by atoms with Gasteiger partial charge in [-0.05, 0) is 20.8 Å². The van der Waals surface area contributed by atoms with Gasteiger partial charge in [0.1, 0.15) is 12.6 Å². The van der Waals surface area contributed by atoms with Gasteiger partial charge in [-0.1, -0.05) is 0 Å². The van der Waals surface area contributed by atoms with Crippen molar-refractivity contribution in [1.82, 2.24) is 9.80 Å². The van der Waals surface area contributed by atoms with E-state index >= 15 is 0 Å². The molecule has 1 aliphatic rings. The number of ether oxygens (including phenoxy) is 1. The van der Waals surface area contributed by atoms with Gasteiger partial charge >= 0.3 is 18.0 Å². The number of rotatable bonds is 5. The van der Waals surface area contributed by atoms with Crippen molar-refractivity contribution in [2.45, 2.75) is 32.9 Å². The minimum atomic E-state index is -1.02. The minimum Gasteiger partial charge on any atom is -0.480 e. The largest absolute Gasteiger partial charge is 0.480 e. The molecule has 0 aliphatic carbocycles. The minimum absolute atomic E-state index is 0.169. The third kappa shape index (κ3) is 4.03. The first-order valence-corrected chi connectivity index (χ1v) is 7.57. The summed E-state index contributed by atoms with van der Waals surface area (Å²) in [7, 11) is 0. The lowest BCUT2D eigenvalue weighted by Crippen LogP contribution is -2.52. The molecule has 1 saturated heterocycles. The first-order valence-electron chi connectivity index (χ1n) is 6.41. The molecular formula is C12H20N2O5S. The molecule has 0 radical (unpaired) electrons. The van der Waals surface area contributed by atoms with E-state index in [4.69, 9.17) is 9.84 Å². The number of thioether (sulfide) groups is 1. The maximum Gasteiger partial charge on any atom is 0.327 e. The molecule has 0 aromatic rings. The average molecular weight is 304 g/mol. The number of urea groups is 1. The predicted octanol–water partition coefficient (Wildman–Crippen LogP) is 0.839. The van der Waals surface area contributed by atoms with Gasteiger partial charge in [0.15, 0.2) is 0 Å². The smallest absolute Gasteiger partial charge is 0.327 e. The van der Waals surface area contributed by atoms with Crippen LogP contribution in [0, 0.1) is 0 Å². The van der Waals surface area contributed by atoms with Crippen LogP contribution in [0.2, 0.25) is 0 Å². The van der Waals surface area contributed by atoms with E-state index in [1.54, 1.807) is 20.8 Å². The molecule has 1 heterocycles. The van der Waals surface area contributed by atoms with Gasteiger partial charge in [0.05, 0.1) is 12.5 Å². The lowest BCUT2D eigenvalue weighted by molar-refractivity contribution is -0.144. The normalized spacial score (nSPS) is 18.2. The molecule has 1 aliphatic heterocycles. The van der Waals surface area contributed by atoms with Crippen LogP contribution in [0.1, 0.15) is 20.8 Å². The summed E-state index contributed by atoms with van der Waals surface area (Å²) in [5.74, 6) is -0.828. The molecule has 0 aromatic carbocycles. The molecule has 0 spiro atoms. The number of hydrogen-bond acceptors (Lipinski definition) is 5. The Morgan fingerprint density at radius 2 is 2.10 bits per heavy atom. The summed E-state index contributed by atoms with van der Waals surface area (Å²) in [5.41, 5.74) is 0. The maximum atomic E-state index is 12.4. The topological polar surface area (TPSA) is 87.2 Å². The van der Waals surface area contributed by atoms with Crippen molar-refractivity contribution in [3.05, 3.63) is 0 Å². The van der Waals surface area contributed by atoms with Gasteiger partial charge in [-0.3, -0.25) is 4.79 Å². The highest BCUT2D eigenvalue weighted by Gasteiger charge is 2.38. The zero-order valence-electron chi connectivity index (χ0n) is 11.9. The highest BCUT2D eigenvalue weighted by atomic mass is 32.2. The molecule has 1 atom stereocenters. The van der Waals surface area contributed by atoms with Crippen LogP contribution in [0.15, 0.2) is 0 Å². The summed E-state index contributed by atoms with van der Waals surface area (Å²) in [6.07, 6.45) is 0. The van der Waals surface area contributed by atoms with Gasteiger partial charge in [-0.2, -0.15) is 0 Å². The molecule has 1 fully saturated rings. The van der Waals surface area contributed by atoms with E-state index in [0.29, 0.717) is 11.6 Å². The molecule has 20 heavy (non-hydrogen) atoms. The molecular weight excluding hydrogens is 284 g/mol. The molecule has 0 aromatic heterocycles. The van der Waals surface area contributed by atoms with Gasteiger partial charge in [-0.25, -0.2) is 9.59 Å². The maximum absolute atomic E-state index is 12.4. The van der Waals surface area contributed by atoms with Crippen LogP contribution in [-0.4, -0.2) is 69.7 Å². The fraction of sp³-hybridized carbons (Fsp3) is 0.750. The van der Waals surface area contributed by atoms with E-state index in [1.807, 2.05) is 0 Å². The van der Waals surface area contributed by atoms with Crippen molar-refractivity contribution >= 4 is 29.7 Å². The predicted molar refractivity (Wildman–Crippen MR) is 74.5 cm³/mol. The fourth-order valence-electron chi connectivity index (χ4n) is 1.82. The number of carbonyl (C=O) groups excluding carboxylic acids is 2. The van der Waals surface area contributed by atoms with Crippen LogP contribution in [0.5, 0.6) is 0 Å². The third-order valence-corrected chi connectivity index (χ3v) is 3.90. The molecule has 7 nitrogen and oxygen atoms in total. The van der Waals surface area contributed by atoms with Gasteiger partial charge in [0, 0.05) is 11.8 Å². The van der Waals surface area contributed by atoms with Crippen LogP contribution < -0.4 is 0 Å². The fourth-order valence-corrected chi connectivity index (χ4v) is 2.96. The van der Waals surface area contributed by atoms with Crippen molar-refractivity contribution in [3.8, 4) is 0 Å². The van der Waals surface area contributed by atoms with E-state index in [0.717, 1.165) is 0 Å². The average Bonchev–Trinajstić information content (AvgIpc) is 2.84. The van der Waals surface area contributed by atoms with Crippen molar-refractivity contribution in [1.29, 1.82) is 0 Å². The quantitative estimate of drug-likeness (QED) is 0.757. The Bertz CT molecular complexity index is 388. The summed E-state index contributed by atoms with van der Waals surface area (Å²) in [6, 6.07) is -1.49. The molecule has 114 valence electrons. The Morgan fingerprint density at radius 3 is 2.60 bits per heavy atom. The molecule has 2 amide bonds. The number of carboxylic acids is 1. The van der Waals surface area contributed by atoms with Crippen LogP contribution in [-0.2, 0) is 14.3 Å². The standard InChI is InChI=1S/C12H20N2O5S/c1-4-19-10(15)5-13(8(2)3)12(18)14-7-20-6-9(14)11(16)17/h8-9H,4-7H2,1-3H3,(H,16,17). The second kappa shape index (κ2) is 7.37. The summed E-state index contributed by atoms with van der Waals surface area (Å²) in [5, 5.41) is 9.10. The Balaban J connectivity index is 2.78. The van der Waals surface area contributed by atoms with Crippen molar-refractivity contribution in [2.75, 3.05) is 24.8 Å². The Morgan fingerprint density at radius 1 is 1.45 bits per heavy atom. The SMILES string of the molecule is CCOC(=O)CN(C(=O)N1CSCC1C(=O)O)C(C)C.